The summed E-state index contributed by atoms with van der Waals surface area (Å²) < 4.78 is 124. The van der Waals surface area contributed by atoms with Gasteiger partial charge < -0.3 is 0 Å². The molecule has 0 bridgehead atoms. The molecule has 0 nitrogen and oxygen atoms in total. The lowest BCUT2D eigenvalue weighted by Crippen LogP contribution is -2.11. The molecule has 0 unspecified atom stereocenters. The van der Waals surface area contributed by atoms with Gasteiger partial charge in [0.2, 0.25) is 5.82 Å². The van der Waals surface area contributed by atoms with Crippen LogP contribution in [0.1, 0.15) is 44.6 Å². The van der Waals surface area contributed by atoms with E-state index in [9.17, 15) is 39.5 Å². The lowest BCUT2D eigenvalue weighted by Gasteiger charge is -2.14. The average Bonchev–Trinajstić information content (AvgIpc) is 2.68. The summed E-state index contributed by atoms with van der Waals surface area (Å²) in [4.78, 5) is 0. The van der Waals surface area contributed by atoms with Crippen LogP contribution < -0.4 is 0 Å². The lowest BCUT2D eigenvalue weighted by atomic mass is 9.97. The molecule has 28 heavy (non-hydrogen) atoms. The minimum Gasteiger partial charge on any atom is -0.203 e. The van der Waals surface area contributed by atoms with Crippen molar-refractivity contribution in [2.24, 2.45) is 0 Å². The molecule has 0 fully saturated rings. The van der Waals surface area contributed by atoms with Crippen LogP contribution in [0.25, 0.3) is 11.1 Å². The third kappa shape index (κ3) is 3.84. The van der Waals surface area contributed by atoms with Gasteiger partial charge in [-0.2, -0.15) is 0 Å². The fourth-order valence-electron chi connectivity index (χ4n) is 2.85. The molecule has 0 atom stereocenters. The molecule has 0 aliphatic carbocycles. The molecule has 0 aliphatic rings. The molecular formula is C19H15F9. The molecule has 0 N–H and O–H groups in total. The van der Waals surface area contributed by atoms with E-state index in [2.05, 4.69) is 0 Å². The molecule has 0 aromatic heterocycles. The first-order valence-electron chi connectivity index (χ1n) is 8.51. The van der Waals surface area contributed by atoms with E-state index in [-0.39, 0.29) is 6.42 Å². The van der Waals surface area contributed by atoms with Crippen LogP contribution in [0.3, 0.4) is 0 Å². The van der Waals surface area contributed by atoms with Crippen molar-refractivity contribution < 1.29 is 39.5 Å². The Bertz CT molecular complexity index is 832. The Morgan fingerprint density at radius 3 is 1.21 bits per heavy atom. The van der Waals surface area contributed by atoms with E-state index in [0.717, 1.165) is 19.3 Å². The van der Waals surface area contributed by atoms with Crippen molar-refractivity contribution >= 4 is 0 Å². The van der Waals surface area contributed by atoms with Crippen molar-refractivity contribution in [3.63, 3.8) is 0 Å². The van der Waals surface area contributed by atoms with Crippen LogP contribution in [-0.4, -0.2) is 0 Å². The number of unbranched alkanes of at least 4 members (excludes halogenated alkanes) is 4. The summed E-state index contributed by atoms with van der Waals surface area (Å²) in [6.45, 7) is 1.93. The second-order valence-corrected chi connectivity index (χ2v) is 6.22. The number of halogens is 9. The van der Waals surface area contributed by atoms with Crippen LogP contribution in [0.5, 0.6) is 0 Å². The summed E-state index contributed by atoms with van der Waals surface area (Å²) in [5, 5.41) is 0. The molecule has 0 amide bonds. The predicted molar refractivity (Wildman–Crippen MR) is 84.0 cm³/mol. The molecule has 2 aromatic carbocycles. The summed E-state index contributed by atoms with van der Waals surface area (Å²) in [5.74, 6) is -21.1. The van der Waals surface area contributed by atoms with Gasteiger partial charge in [0, 0.05) is 5.56 Å². The highest BCUT2D eigenvalue weighted by Crippen LogP contribution is 2.38. The van der Waals surface area contributed by atoms with Crippen molar-refractivity contribution in [2.45, 2.75) is 45.4 Å². The smallest absolute Gasteiger partial charge is 0.200 e. The van der Waals surface area contributed by atoms with Crippen molar-refractivity contribution in [1.82, 2.24) is 0 Å². The van der Waals surface area contributed by atoms with Gasteiger partial charge in [0.25, 0.3) is 0 Å². The van der Waals surface area contributed by atoms with Crippen molar-refractivity contribution in [3.8, 4) is 11.1 Å². The lowest BCUT2D eigenvalue weighted by molar-refractivity contribution is 0.379. The first-order valence-corrected chi connectivity index (χ1v) is 8.51. The highest BCUT2D eigenvalue weighted by molar-refractivity contribution is 5.67. The zero-order valence-corrected chi connectivity index (χ0v) is 14.6. The third-order valence-corrected chi connectivity index (χ3v) is 4.34. The van der Waals surface area contributed by atoms with Gasteiger partial charge >= 0.3 is 0 Å². The van der Waals surface area contributed by atoms with Crippen LogP contribution in [0.2, 0.25) is 0 Å². The molecule has 2 rings (SSSR count). The van der Waals surface area contributed by atoms with E-state index in [1.54, 1.807) is 0 Å². The highest BCUT2D eigenvalue weighted by atomic mass is 19.2. The summed E-state index contributed by atoms with van der Waals surface area (Å²) >= 11 is 0. The van der Waals surface area contributed by atoms with Gasteiger partial charge in [0.15, 0.2) is 46.5 Å². The Labute approximate surface area is 155 Å². The number of hydrogen-bond donors (Lipinski definition) is 0. The normalized spacial score (nSPS) is 11.4. The van der Waals surface area contributed by atoms with E-state index in [0.29, 0.717) is 6.42 Å². The van der Waals surface area contributed by atoms with Gasteiger partial charge in [0.1, 0.15) is 0 Å². The highest BCUT2D eigenvalue weighted by Gasteiger charge is 2.34. The van der Waals surface area contributed by atoms with E-state index >= 15 is 0 Å². The minimum atomic E-state index is -2.58. The van der Waals surface area contributed by atoms with Crippen molar-refractivity contribution in [1.29, 1.82) is 0 Å². The molecule has 0 spiro atoms. The first-order chi connectivity index (χ1) is 13.1. The van der Waals surface area contributed by atoms with Crippen molar-refractivity contribution in [2.75, 3.05) is 0 Å². The fraction of sp³-hybridized carbons (Fsp3) is 0.368. The van der Waals surface area contributed by atoms with Gasteiger partial charge in [-0.1, -0.05) is 32.6 Å². The molecule has 0 saturated carbocycles. The zero-order valence-electron chi connectivity index (χ0n) is 14.6. The van der Waals surface area contributed by atoms with Crippen LogP contribution >= 0.6 is 0 Å². The van der Waals surface area contributed by atoms with Gasteiger partial charge in [-0.25, -0.2) is 39.5 Å². The molecule has 0 aliphatic heterocycles. The van der Waals surface area contributed by atoms with E-state index in [1.807, 2.05) is 6.92 Å². The van der Waals surface area contributed by atoms with Gasteiger partial charge in [0.05, 0.1) is 11.1 Å². The standard InChI is InChI=1S/C19H15F9/c1-2-3-4-5-6-7-8-11(20)13(22)9(14(23)12(8)21)10-15(24)17(26)19(28)18(27)16(10)25/h2-7H2,1H3. The molecule has 154 valence electrons. The second-order valence-electron chi connectivity index (χ2n) is 6.22. The van der Waals surface area contributed by atoms with E-state index in [1.165, 1.54) is 0 Å². The summed E-state index contributed by atoms with van der Waals surface area (Å²) in [7, 11) is 0. The fourth-order valence-corrected chi connectivity index (χ4v) is 2.85. The summed E-state index contributed by atoms with van der Waals surface area (Å²) in [6, 6.07) is 0. The van der Waals surface area contributed by atoms with Crippen LogP contribution in [0, 0.1) is 52.4 Å². The molecule has 0 radical (unpaired) electrons. The maximum Gasteiger partial charge on any atom is 0.200 e. The van der Waals surface area contributed by atoms with E-state index in [4.69, 9.17) is 0 Å². The van der Waals surface area contributed by atoms with Gasteiger partial charge in [-0.15, -0.1) is 0 Å². The maximum atomic E-state index is 14.3. The van der Waals surface area contributed by atoms with Gasteiger partial charge in [-0.3, -0.25) is 0 Å². The van der Waals surface area contributed by atoms with E-state index < -0.39 is 75.5 Å². The average molecular weight is 414 g/mol. The Hall–Kier alpha value is -2.19. The second kappa shape index (κ2) is 8.87. The SMILES string of the molecule is CCCCCCCc1c(F)c(F)c(-c2c(F)c(F)c(F)c(F)c2F)c(F)c1F. The molecule has 0 saturated heterocycles. The van der Waals surface area contributed by atoms with Crippen LogP contribution in [0.4, 0.5) is 39.5 Å². The Morgan fingerprint density at radius 1 is 0.429 bits per heavy atom. The Morgan fingerprint density at radius 2 is 0.786 bits per heavy atom. The summed E-state index contributed by atoms with van der Waals surface area (Å²) in [6.07, 6.45) is 2.79. The van der Waals surface area contributed by atoms with Crippen molar-refractivity contribution in [3.05, 3.63) is 57.9 Å². The number of hydrogen-bond acceptors (Lipinski definition) is 0. The largest absolute Gasteiger partial charge is 0.203 e. The summed E-state index contributed by atoms with van der Waals surface area (Å²) in [5.41, 5.74) is -5.05. The molecule has 2 aromatic rings. The van der Waals surface area contributed by atoms with Gasteiger partial charge in [-0.05, 0) is 12.8 Å². The minimum absolute atomic E-state index is 0.189. The van der Waals surface area contributed by atoms with Crippen LogP contribution in [0.15, 0.2) is 0 Å². The van der Waals surface area contributed by atoms with Crippen LogP contribution in [-0.2, 0) is 6.42 Å². The molecule has 9 heteroatoms. The quantitative estimate of drug-likeness (QED) is 0.196. The first kappa shape index (κ1) is 22.1. The molecule has 0 heterocycles. The zero-order chi connectivity index (χ0) is 21.2. The maximum absolute atomic E-state index is 14.3. The molecular weight excluding hydrogens is 399 g/mol. The number of rotatable bonds is 7. The predicted octanol–water partition coefficient (Wildman–Crippen LogP) is 7.12. The Balaban J connectivity index is 2.58. The third-order valence-electron chi connectivity index (χ3n) is 4.34. The Kier molecular flexibility index (Phi) is 7.01. The topological polar surface area (TPSA) is 0 Å². The monoisotopic (exact) mass is 414 g/mol. The number of benzene rings is 2.